The maximum absolute atomic E-state index is 11.2. The first kappa shape index (κ1) is 10.6. The van der Waals surface area contributed by atoms with Gasteiger partial charge >= 0.3 is 5.97 Å². The molecule has 0 amide bonds. The van der Waals surface area contributed by atoms with Crippen molar-refractivity contribution in [1.29, 1.82) is 0 Å². The quantitative estimate of drug-likeness (QED) is 0.850. The Morgan fingerprint density at radius 3 is 3.20 bits per heavy atom. The lowest BCUT2D eigenvalue weighted by Crippen LogP contribution is -2.47. The molecule has 2 rings (SSSR count). The van der Waals surface area contributed by atoms with Gasteiger partial charge in [-0.05, 0) is 26.3 Å². The molecule has 0 radical (unpaired) electrons. The molecule has 5 heteroatoms. The van der Waals surface area contributed by atoms with E-state index in [0.717, 1.165) is 25.1 Å². The van der Waals surface area contributed by atoms with Crippen molar-refractivity contribution in [3.05, 3.63) is 16.6 Å². The van der Waals surface area contributed by atoms with Crippen LogP contribution in [0.1, 0.15) is 25.5 Å². The van der Waals surface area contributed by atoms with E-state index >= 15 is 0 Å². The highest BCUT2D eigenvalue weighted by Crippen LogP contribution is 2.30. The van der Waals surface area contributed by atoms with E-state index in [2.05, 4.69) is 4.98 Å². The fourth-order valence-electron chi connectivity index (χ4n) is 2.03. The van der Waals surface area contributed by atoms with Crippen molar-refractivity contribution in [3.8, 4) is 0 Å². The van der Waals surface area contributed by atoms with E-state index in [4.69, 9.17) is 0 Å². The molecule has 1 atom stereocenters. The summed E-state index contributed by atoms with van der Waals surface area (Å²) < 4.78 is 0. The average Bonchev–Trinajstić information content (AvgIpc) is 2.78. The predicted molar refractivity (Wildman–Crippen MR) is 57.8 cm³/mol. The van der Waals surface area contributed by atoms with Crippen LogP contribution in [0.5, 0.6) is 0 Å². The highest BCUT2D eigenvalue weighted by Gasteiger charge is 2.43. The number of carboxylic acids is 1. The monoisotopic (exact) mass is 226 g/mol. The third-order valence-corrected chi connectivity index (χ3v) is 3.72. The molecular formula is C10H14N2O2S. The van der Waals surface area contributed by atoms with Crippen LogP contribution in [0.3, 0.4) is 0 Å². The fourth-order valence-corrected chi connectivity index (χ4v) is 2.58. The van der Waals surface area contributed by atoms with E-state index in [9.17, 15) is 9.90 Å². The molecule has 0 spiro atoms. The van der Waals surface area contributed by atoms with Crippen LogP contribution in [0.25, 0.3) is 0 Å². The van der Waals surface area contributed by atoms with Gasteiger partial charge in [0.2, 0.25) is 0 Å². The number of carbonyl (C=O) groups is 1. The summed E-state index contributed by atoms with van der Waals surface area (Å²) in [5, 5.41) is 11.2. The standard InChI is InChI=1S/C10H14N2O2S/c1-10(9(13)14)3-2-4-12(10)5-8-6-15-7-11-8/h6-7H,2-5H2,1H3,(H,13,14). The molecule has 1 aliphatic heterocycles. The average molecular weight is 226 g/mol. The lowest BCUT2D eigenvalue weighted by molar-refractivity contribution is -0.148. The van der Waals surface area contributed by atoms with Crippen LogP contribution < -0.4 is 0 Å². The maximum atomic E-state index is 11.2. The Labute approximate surface area is 92.6 Å². The Kier molecular flexibility index (Phi) is 2.75. The van der Waals surface area contributed by atoms with Gasteiger partial charge < -0.3 is 5.11 Å². The number of likely N-dealkylation sites (tertiary alicyclic amines) is 1. The van der Waals surface area contributed by atoms with Crippen LogP contribution in [-0.2, 0) is 11.3 Å². The number of thiazole rings is 1. The van der Waals surface area contributed by atoms with Gasteiger partial charge in [0.1, 0.15) is 5.54 Å². The van der Waals surface area contributed by atoms with Crippen LogP contribution in [0.15, 0.2) is 10.9 Å². The van der Waals surface area contributed by atoms with E-state index in [-0.39, 0.29) is 0 Å². The van der Waals surface area contributed by atoms with Gasteiger partial charge in [-0.2, -0.15) is 0 Å². The molecule has 2 heterocycles. The third-order valence-electron chi connectivity index (χ3n) is 3.09. The fraction of sp³-hybridized carbons (Fsp3) is 0.600. The van der Waals surface area contributed by atoms with Crippen molar-refractivity contribution in [3.63, 3.8) is 0 Å². The summed E-state index contributed by atoms with van der Waals surface area (Å²) in [7, 11) is 0. The summed E-state index contributed by atoms with van der Waals surface area (Å²) in [5.41, 5.74) is 2.04. The second-order valence-corrected chi connectivity index (χ2v) is 4.80. The number of nitrogens with zero attached hydrogens (tertiary/aromatic N) is 2. The summed E-state index contributed by atoms with van der Waals surface area (Å²) in [4.78, 5) is 17.4. The second kappa shape index (κ2) is 3.90. The minimum Gasteiger partial charge on any atom is -0.480 e. The molecule has 0 saturated carbocycles. The summed E-state index contributed by atoms with van der Waals surface area (Å²) in [6.45, 7) is 3.29. The third kappa shape index (κ3) is 1.89. The SMILES string of the molecule is CC1(C(=O)O)CCCN1Cc1cscn1. The number of hydrogen-bond donors (Lipinski definition) is 1. The van der Waals surface area contributed by atoms with Gasteiger partial charge in [-0.1, -0.05) is 0 Å². The topological polar surface area (TPSA) is 53.4 Å². The molecule has 1 aliphatic rings. The second-order valence-electron chi connectivity index (χ2n) is 4.08. The zero-order chi connectivity index (χ0) is 10.9. The number of carboxylic acid groups (broad SMARTS) is 1. The van der Waals surface area contributed by atoms with Crippen LogP contribution in [0.2, 0.25) is 0 Å². The van der Waals surface area contributed by atoms with Gasteiger partial charge in [-0.25, -0.2) is 4.98 Å². The molecule has 0 aromatic carbocycles. The lowest BCUT2D eigenvalue weighted by Gasteiger charge is -2.30. The van der Waals surface area contributed by atoms with E-state index in [0.29, 0.717) is 6.54 Å². The van der Waals surface area contributed by atoms with Crippen LogP contribution in [0.4, 0.5) is 0 Å². The Morgan fingerprint density at radius 1 is 1.80 bits per heavy atom. The summed E-state index contributed by atoms with van der Waals surface area (Å²) in [5.74, 6) is -0.727. The Bertz CT molecular complexity index is 352. The van der Waals surface area contributed by atoms with Gasteiger partial charge in [0.25, 0.3) is 0 Å². The van der Waals surface area contributed by atoms with Crippen molar-refractivity contribution in [2.24, 2.45) is 0 Å². The molecule has 1 saturated heterocycles. The van der Waals surface area contributed by atoms with Gasteiger partial charge in [0, 0.05) is 11.9 Å². The van der Waals surface area contributed by atoms with Gasteiger partial charge in [0.05, 0.1) is 11.2 Å². The maximum Gasteiger partial charge on any atom is 0.323 e. The number of aliphatic carboxylic acids is 1. The molecule has 1 N–H and O–H groups in total. The molecule has 1 unspecified atom stereocenters. The zero-order valence-corrected chi connectivity index (χ0v) is 9.46. The molecule has 82 valence electrons. The number of aromatic nitrogens is 1. The normalized spacial score (nSPS) is 27.0. The number of rotatable bonds is 3. The summed E-state index contributed by atoms with van der Waals surface area (Å²) in [6.07, 6.45) is 1.68. The van der Waals surface area contributed by atoms with Crippen molar-refractivity contribution in [2.75, 3.05) is 6.54 Å². The smallest absolute Gasteiger partial charge is 0.323 e. The highest BCUT2D eigenvalue weighted by atomic mass is 32.1. The van der Waals surface area contributed by atoms with Gasteiger partial charge in [-0.15, -0.1) is 11.3 Å². The first-order valence-electron chi connectivity index (χ1n) is 4.98. The minimum absolute atomic E-state index is 0.645. The minimum atomic E-state index is -0.727. The Balaban J connectivity index is 2.12. The molecule has 0 aliphatic carbocycles. The van der Waals surface area contributed by atoms with E-state index in [1.165, 1.54) is 0 Å². The van der Waals surface area contributed by atoms with Gasteiger partial charge in [0.15, 0.2) is 0 Å². The Hall–Kier alpha value is -0.940. The summed E-state index contributed by atoms with van der Waals surface area (Å²) in [6, 6.07) is 0. The first-order chi connectivity index (χ1) is 7.13. The van der Waals surface area contributed by atoms with Crippen LogP contribution in [0, 0.1) is 0 Å². The van der Waals surface area contributed by atoms with Crippen molar-refractivity contribution < 1.29 is 9.90 Å². The molecular weight excluding hydrogens is 212 g/mol. The van der Waals surface area contributed by atoms with E-state index in [1.807, 2.05) is 10.3 Å². The Morgan fingerprint density at radius 2 is 2.60 bits per heavy atom. The highest BCUT2D eigenvalue weighted by molar-refractivity contribution is 7.07. The van der Waals surface area contributed by atoms with Crippen molar-refractivity contribution in [2.45, 2.75) is 31.8 Å². The van der Waals surface area contributed by atoms with Gasteiger partial charge in [-0.3, -0.25) is 9.69 Å². The molecule has 1 aromatic heterocycles. The van der Waals surface area contributed by atoms with Crippen LogP contribution >= 0.6 is 11.3 Å². The van der Waals surface area contributed by atoms with E-state index in [1.54, 1.807) is 23.8 Å². The largest absolute Gasteiger partial charge is 0.480 e. The molecule has 4 nitrogen and oxygen atoms in total. The molecule has 1 fully saturated rings. The predicted octanol–water partition coefficient (Wildman–Crippen LogP) is 1.58. The lowest BCUT2D eigenvalue weighted by atomic mass is 9.99. The number of hydrogen-bond acceptors (Lipinski definition) is 4. The van der Waals surface area contributed by atoms with E-state index < -0.39 is 11.5 Å². The summed E-state index contributed by atoms with van der Waals surface area (Å²) >= 11 is 1.55. The van der Waals surface area contributed by atoms with Crippen molar-refractivity contribution in [1.82, 2.24) is 9.88 Å². The molecule has 1 aromatic rings. The molecule has 15 heavy (non-hydrogen) atoms. The van der Waals surface area contributed by atoms with Crippen molar-refractivity contribution >= 4 is 17.3 Å². The zero-order valence-electron chi connectivity index (χ0n) is 8.64. The van der Waals surface area contributed by atoms with Crippen LogP contribution in [-0.4, -0.2) is 33.0 Å². The molecule has 0 bridgehead atoms. The first-order valence-corrected chi connectivity index (χ1v) is 5.93.